The van der Waals surface area contributed by atoms with Crippen LogP contribution in [-0.2, 0) is 4.79 Å². The Morgan fingerprint density at radius 3 is 2.62 bits per heavy atom. The molecule has 4 atom stereocenters. The quantitative estimate of drug-likeness (QED) is 0.787. The van der Waals surface area contributed by atoms with E-state index in [2.05, 4.69) is 19.2 Å². The molecule has 3 heteroatoms. The van der Waals surface area contributed by atoms with Crippen molar-refractivity contribution in [1.29, 1.82) is 0 Å². The van der Waals surface area contributed by atoms with Crippen LogP contribution in [0.1, 0.15) is 33.1 Å². The van der Waals surface area contributed by atoms with Crippen LogP contribution in [0.4, 0.5) is 0 Å². The predicted octanol–water partition coefficient (Wildman–Crippen LogP) is 1.49. The highest BCUT2D eigenvalue weighted by molar-refractivity contribution is 5.78. The number of hydrogen-bond acceptors (Lipinski definition) is 2. The molecule has 16 heavy (non-hydrogen) atoms. The zero-order valence-corrected chi connectivity index (χ0v) is 10.7. The van der Waals surface area contributed by atoms with Crippen LogP contribution in [0.15, 0.2) is 0 Å². The van der Waals surface area contributed by atoms with Crippen LogP contribution in [0.25, 0.3) is 0 Å². The largest absolute Gasteiger partial charge is 0.345 e. The average molecular weight is 224 g/mol. The van der Waals surface area contributed by atoms with E-state index >= 15 is 0 Å². The van der Waals surface area contributed by atoms with Crippen LogP contribution in [0.5, 0.6) is 0 Å². The van der Waals surface area contributed by atoms with Gasteiger partial charge in [-0.05, 0) is 44.6 Å². The lowest BCUT2D eigenvalue weighted by Crippen LogP contribution is -2.43. The maximum absolute atomic E-state index is 12.2. The van der Waals surface area contributed by atoms with Crippen LogP contribution in [0.2, 0.25) is 0 Å². The number of amides is 1. The van der Waals surface area contributed by atoms with E-state index in [1.165, 1.54) is 6.42 Å². The van der Waals surface area contributed by atoms with Crippen LogP contribution in [0, 0.1) is 17.8 Å². The molecule has 2 fully saturated rings. The van der Waals surface area contributed by atoms with Crippen molar-refractivity contribution in [1.82, 2.24) is 10.2 Å². The maximum atomic E-state index is 12.2. The number of hydrogen-bond donors (Lipinski definition) is 1. The normalized spacial score (nSPS) is 38.2. The van der Waals surface area contributed by atoms with E-state index in [0.29, 0.717) is 11.9 Å². The smallest absolute Gasteiger partial charge is 0.225 e. The van der Waals surface area contributed by atoms with Gasteiger partial charge in [0.1, 0.15) is 0 Å². The summed E-state index contributed by atoms with van der Waals surface area (Å²) in [5, 5.41) is 3.40. The van der Waals surface area contributed by atoms with Gasteiger partial charge >= 0.3 is 0 Å². The van der Waals surface area contributed by atoms with E-state index < -0.39 is 0 Å². The van der Waals surface area contributed by atoms with Crippen molar-refractivity contribution in [3.8, 4) is 0 Å². The summed E-state index contributed by atoms with van der Waals surface area (Å²) in [4.78, 5) is 14.2. The van der Waals surface area contributed by atoms with Gasteiger partial charge in [0.05, 0.1) is 0 Å². The second-order valence-corrected chi connectivity index (χ2v) is 5.77. The van der Waals surface area contributed by atoms with Gasteiger partial charge in [-0.1, -0.05) is 6.92 Å². The van der Waals surface area contributed by atoms with Crippen LogP contribution < -0.4 is 5.32 Å². The van der Waals surface area contributed by atoms with Gasteiger partial charge in [0.15, 0.2) is 0 Å². The summed E-state index contributed by atoms with van der Waals surface area (Å²) < 4.78 is 0. The molecule has 1 heterocycles. The molecule has 1 amide bonds. The summed E-state index contributed by atoms with van der Waals surface area (Å²) in [6.07, 6.45) is 3.32. The van der Waals surface area contributed by atoms with Gasteiger partial charge in [-0.3, -0.25) is 4.79 Å². The molecule has 1 saturated carbocycles. The minimum atomic E-state index is 0.260. The molecule has 2 rings (SSSR count). The van der Waals surface area contributed by atoms with Gasteiger partial charge < -0.3 is 10.2 Å². The third-order valence-electron chi connectivity index (χ3n) is 4.13. The molecule has 1 aliphatic heterocycles. The fraction of sp³-hybridized carbons (Fsp3) is 0.923. The van der Waals surface area contributed by atoms with Crippen LogP contribution in [0.3, 0.4) is 0 Å². The summed E-state index contributed by atoms with van der Waals surface area (Å²) in [5.41, 5.74) is 0. The first-order valence-electron chi connectivity index (χ1n) is 6.56. The van der Waals surface area contributed by atoms with Crippen molar-refractivity contribution in [2.75, 3.05) is 20.1 Å². The Hall–Kier alpha value is -0.570. The molecule has 0 aromatic heterocycles. The molecule has 1 N–H and O–H groups in total. The van der Waals surface area contributed by atoms with E-state index in [4.69, 9.17) is 0 Å². The summed E-state index contributed by atoms with van der Waals surface area (Å²) in [6.45, 7) is 6.40. The van der Waals surface area contributed by atoms with Crippen LogP contribution in [-0.4, -0.2) is 37.0 Å². The molecule has 0 spiro atoms. The summed E-state index contributed by atoms with van der Waals surface area (Å²) in [6, 6.07) is 0.496. The van der Waals surface area contributed by atoms with Crippen molar-refractivity contribution in [2.24, 2.45) is 17.8 Å². The highest BCUT2D eigenvalue weighted by Crippen LogP contribution is 2.38. The van der Waals surface area contributed by atoms with Crippen molar-refractivity contribution < 1.29 is 4.79 Å². The van der Waals surface area contributed by atoms with Gasteiger partial charge in [-0.15, -0.1) is 0 Å². The molecule has 4 unspecified atom stereocenters. The molecular weight excluding hydrogens is 200 g/mol. The molecule has 0 radical (unpaired) electrons. The van der Waals surface area contributed by atoms with Crippen molar-refractivity contribution in [2.45, 2.75) is 39.2 Å². The van der Waals surface area contributed by atoms with Crippen molar-refractivity contribution in [3.05, 3.63) is 0 Å². The standard InChI is InChI=1S/C13H24N2O/c1-9-6-12(9)8-15(3)13(16)11-4-5-14-10(2)7-11/h9-12,14H,4-8H2,1-3H3. The molecule has 0 aromatic rings. The topological polar surface area (TPSA) is 32.3 Å². The van der Waals surface area contributed by atoms with Crippen molar-refractivity contribution in [3.63, 3.8) is 0 Å². The molecule has 0 bridgehead atoms. The zero-order valence-electron chi connectivity index (χ0n) is 10.7. The second-order valence-electron chi connectivity index (χ2n) is 5.77. The summed E-state index contributed by atoms with van der Waals surface area (Å²) >= 11 is 0. The molecule has 92 valence electrons. The maximum Gasteiger partial charge on any atom is 0.225 e. The minimum Gasteiger partial charge on any atom is -0.345 e. The Bertz CT molecular complexity index is 267. The lowest BCUT2D eigenvalue weighted by atomic mass is 9.92. The average Bonchev–Trinajstić information content (AvgIpc) is 2.93. The first-order chi connectivity index (χ1) is 7.58. The van der Waals surface area contributed by atoms with E-state index in [9.17, 15) is 4.79 Å². The number of nitrogens with zero attached hydrogens (tertiary/aromatic N) is 1. The first kappa shape index (κ1) is 11.9. The van der Waals surface area contributed by atoms with E-state index in [1.54, 1.807) is 0 Å². The Balaban J connectivity index is 1.81. The Kier molecular flexibility index (Phi) is 3.53. The van der Waals surface area contributed by atoms with Gasteiger partial charge in [0.25, 0.3) is 0 Å². The second kappa shape index (κ2) is 4.74. The minimum absolute atomic E-state index is 0.260. The van der Waals surface area contributed by atoms with Crippen molar-refractivity contribution >= 4 is 5.91 Å². The lowest BCUT2D eigenvalue weighted by molar-refractivity contribution is -0.135. The Morgan fingerprint density at radius 2 is 2.06 bits per heavy atom. The van der Waals surface area contributed by atoms with Crippen LogP contribution >= 0.6 is 0 Å². The number of rotatable bonds is 3. The zero-order chi connectivity index (χ0) is 11.7. The van der Waals surface area contributed by atoms with Gasteiger partial charge in [-0.25, -0.2) is 0 Å². The molecular formula is C13H24N2O. The monoisotopic (exact) mass is 224 g/mol. The molecule has 0 aromatic carbocycles. The van der Waals surface area contributed by atoms with E-state index in [1.807, 2.05) is 11.9 Å². The fourth-order valence-electron chi connectivity index (χ4n) is 2.76. The highest BCUT2D eigenvalue weighted by Gasteiger charge is 2.35. The van der Waals surface area contributed by atoms with E-state index in [0.717, 1.165) is 37.8 Å². The fourth-order valence-corrected chi connectivity index (χ4v) is 2.76. The molecule has 1 saturated heterocycles. The van der Waals surface area contributed by atoms with Gasteiger partial charge in [0, 0.05) is 25.6 Å². The number of piperidine rings is 1. The summed E-state index contributed by atoms with van der Waals surface area (Å²) in [7, 11) is 1.97. The Labute approximate surface area is 98.6 Å². The highest BCUT2D eigenvalue weighted by atomic mass is 16.2. The number of carbonyl (C=O) groups is 1. The number of nitrogens with one attached hydrogen (secondary N) is 1. The first-order valence-corrected chi connectivity index (χ1v) is 6.56. The molecule has 3 nitrogen and oxygen atoms in total. The summed E-state index contributed by atoms with van der Waals surface area (Å²) in [5.74, 6) is 2.23. The third kappa shape index (κ3) is 2.76. The predicted molar refractivity (Wildman–Crippen MR) is 65.1 cm³/mol. The SMILES string of the molecule is CC1CC(C(=O)N(C)CC2CC2C)CCN1. The molecule has 1 aliphatic carbocycles. The lowest BCUT2D eigenvalue weighted by Gasteiger charge is -2.30. The van der Waals surface area contributed by atoms with E-state index in [-0.39, 0.29) is 5.92 Å². The third-order valence-corrected chi connectivity index (χ3v) is 4.13. The van der Waals surface area contributed by atoms with Gasteiger partial charge in [0.2, 0.25) is 5.91 Å². The Morgan fingerprint density at radius 1 is 1.38 bits per heavy atom. The molecule has 2 aliphatic rings. The number of carbonyl (C=O) groups excluding carboxylic acids is 1. The van der Waals surface area contributed by atoms with Gasteiger partial charge in [-0.2, -0.15) is 0 Å².